The van der Waals surface area contributed by atoms with Crippen molar-refractivity contribution in [1.82, 2.24) is 0 Å². The molecule has 3 heteroatoms. The van der Waals surface area contributed by atoms with E-state index in [1.807, 2.05) is 25.1 Å². The third-order valence-corrected chi connectivity index (χ3v) is 3.27. The Kier molecular flexibility index (Phi) is 2.84. The Morgan fingerprint density at radius 2 is 2.17 bits per heavy atom. The second-order valence-electron chi connectivity index (χ2n) is 4.76. The molecule has 0 saturated heterocycles. The fraction of sp³-hybridized carbons (Fsp3) is 0.333. The van der Waals surface area contributed by atoms with Crippen molar-refractivity contribution in [2.24, 2.45) is 0 Å². The third kappa shape index (κ3) is 2.02. The van der Waals surface area contributed by atoms with Gasteiger partial charge in [0.05, 0.1) is 12.9 Å². The quantitative estimate of drug-likeness (QED) is 0.879. The predicted molar refractivity (Wildman–Crippen MR) is 69.2 cm³/mol. The monoisotopic (exact) mass is 244 g/mol. The molecule has 0 radical (unpaired) electrons. The SMILES string of the molecule is Cc1ccc2oc(C(O)C3=COCCC3)cc2c1. The Labute approximate surface area is 106 Å². The fourth-order valence-corrected chi connectivity index (χ4v) is 2.29. The van der Waals surface area contributed by atoms with Crippen LogP contribution < -0.4 is 0 Å². The zero-order chi connectivity index (χ0) is 12.5. The Morgan fingerprint density at radius 1 is 1.28 bits per heavy atom. The number of hydrogen-bond donors (Lipinski definition) is 1. The van der Waals surface area contributed by atoms with Crippen LogP contribution in [-0.2, 0) is 4.74 Å². The number of furan rings is 1. The number of fused-ring (bicyclic) bond motifs is 1. The van der Waals surface area contributed by atoms with Gasteiger partial charge in [-0.1, -0.05) is 11.6 Å². The van der Waals surface area contributed by atoms with E-state index in [-0.39, 0.29) is 0 Å². The molecule has 1 atom stereocenters. The normalized spacial score (nSPS) is 17.3. The van der Waals surface area contributed by atoms with Crippen LogP contribution >= 0.6 is 0 Å². The number of benzene rings is 1. The van der Waals surface area contributed by atoms with Gasteiger partial charge in [-0.3, -0.25) is 0 Å². The molecule has 1 unspecified atom stereocenters. The number of hydrogen-bond acceptors (Lipinski definition) is 3. The topological polar surface area (TPSA) is 42.6 Å². The molecule has 1 aromatic carbocycles. The van der Waals surface area contributed by atoms with Gasteiger partial charge < -0.3 is 14.3 Å². The second-order valence-corrected chi connectivity index (χ2v) is 4.76. The minimum Gasteiger partial charge on any atom is -0.501 e. The summed E-state index contributed by atoms with van der Waals surface area (Å²) in [6, 6.07) is 7.90. The highest BCUT2D eigenvalue weighted by molar-refractivity contribution is 5.78. The highest BCUT2D eigenvalue weighted by Gasteiger charge is 2.20. The van der Waals surface area contributed by atoms with E-state index in [1.54, 1.807) is 6.26 Å². The zero-order valence-electron chi connectivity index (χ0n) is 10.3. The van der Waals surface area contributed by atoms with Crippen LogP contribution in [0.25, 0.3) is 11.0 Å². The van der Waals surface area contributed by atoms with E-state index >= 15 is 0 Å². The molecule has 1 aromatic heterocycles. The lowest BCUT2D eigenvalue weighted by Gasteiger charge is -2.17. The minimum atomic E-state index is -0.696. The Bertz CT molecular complexity index is 595. The van der Waals surface area contributed by atoms with E-state index in [1.165, 1.54) is 5.56 Å². The minimum absolute atomic E-state index is 0.590. The van der Waals surface area contributed by atoms with Gasteiger partial charge in [-0.25, -0.2) is 0 Å². The van der Waals surface area contributed by atoms with Crippen molar-refractivity contribution in [2.45, 2.75) is 25.9 Å². The maximum atomic E-state index is 10.3. The molecular weight excluding hydrogens is 228 g/mol. The first-order valence-electron chi connectivity index (χ1n) is 6.23. The summed E-state index contributed by atoms with van der Waals surface area (Å²) in [4.78, 5) is 0. The van der Waals surface area contributed by atoms with Gasteiger partial charge >= 0.3 is 0 Å². The summed E-state index contributed by atoms with van der Waals surface area (Å²) in [5, 5.41) is 11.3. The van der Waals surface area contributed by atoms with Crippen molar-refractivity contribution in [3.05, 3.63) is 47.4 Å². The largest absolute Gasteiger partial charge is 0.501 e. The molecule has 0 saturated carbocycles. The molecule has 2 heterocycles. The Balaban J connectivity index is 1.96. The van der Waals surface area contributed by atoms with Crippen LogP contribution in [0.1, 0.15) is 30.3 Å². The average molecular weight is 244 g/mol. The highest BCUT2D eigenvalue weighted by atomic mass is 16.5. The fourth-order valence-electron chi connectivity index (χ4n) is 2.29. The molecule has 1 N–H and O–H groups in total. The Hall–Kier alpha value is -1.74. The van der Waals surface area contributed by atoms with E-state index in [0.29, 0.717) is 5.76 Å². The van der Waals surface area contributed by atoms with Gasteiger partial charge in [0.1, 0.15) is 17.4 Å². The van der Waals surface area contributed by atoms with Crippen molar-refractivity contribution in [1.29, 1.82) is 0 Å². The molecule has 1 aliphatic heterocycles. The van der Waals surface area contributed by atoms with E-state index in [9.17, 15) is 5.11 Å². The zero-order valence-corrected chi connectivity index (χ0v) is 10.3. The van der Waals surface area contributed by atoms with Crippen LogP contribution in [0.2, 0.25) is 0 Å². The highest BCUT2D eigenvalue weighted by Crippen LogP contribution is 2.31. The van der Waals surface area contributed by atoms with Gasteiger partial charge in [-0.05, 0) is 38.0 Å². The molecule has 3 rings (SSSR count). The number of aliphatic hydroxyl groups is 1. The number of ether oxygens (including phenoxy) is 1. The first kappa shape index (κ1) is 11.4. The van der Waals surface area contributed by atoms with Crippen LogP contribution in [-0.4, -0.2) is 11.7 Å². The molecule has 18 heavy (non-hydrogen) atoms. The van der Waals surface area contributed by atoms with Crippen LogP contribution in [0.4, 0.5) is 0 Å². The maximum Gasteiger partial charge on any atom is 0.138 e. The van der Waals surface area contributed by atoms with Crippen molar-refractivity contribution in [3.63, 3.8) is 0 Å². The first-order valence-corrected chi connectivity index (χ1v) is 6.23. The van der Waals surface area contributed by atoms with E-state index in [0.717, 1.165) is 36.0 Å². The van der Waals surface area contributed by atoms with E-state index in [4.69, 9.17) is 9.15 Å². The molecular formula is C15H16O3. The molecule has 0 bridgehead atoms. The van der Waals surface area contributed by atoms with Crippen molar-refractivity contribution in [2.75, 3.05) is 6.61 Å². The molecule has 2 aromatic rings. The molecule has 94 valence electrons. The molecule has 0 fully saturated rings. The number of aliphatic hydroxyl groups excluding tert-OH is 1. The van der Waals surface area contributed by atoms with Crippen molar-refractivity contribution >= 4 is 11.0 Å². The summed E-state index contributed by atoms with van der Waals surface area (Å²) in [7, 11) is 0. The summed E-state index contributed by atoms with van der Waals surface area (Å²) in [5.74, 6) is 0.590. The van der Waals surface area contributed by atoms with Crippen LogP contribution in [0.3, 0.4) is 0 Å². The van der Waals surface area contributed by atoms with Crippen molar-refractivity contribution < 1.29 is 14.3 Å². The number of rotatable bonds is 2. The van der Waals surface area contributed by atoms with Crippen molar-refractivity contribution in [3.8, 4) is 0 Å². The Morgan fingerprint density at radius 3 is 2.94 bits per heavy atom. The van der Waals surface area contributed by atoms with Gasteiger partial charge in [-0.15, -0.1) is 0 Å². The molecule has 1 aliphatic rings. The molecule has 0 spiro atoms. The smallest absolute Gasteiger partial charge is 0.138 e. The summed E-state index contributed by atoms with van der Waals surface area (Å²) < 4.78 is 10.9. The van der Waals surface area contributed by atoms with Gasteiger partial charge in [-0.2, -0.15) is 0 Å². The van der Waals surface area contributed by atoms with Gasteiger partial charge in [0, 0.05) is 11.0 Å². The summed E-state index contributed by atoms with van der Waals surface area (Å²) in [6.07, 6.45) is 2.77. The third-order valence-electron chi connectivity index (χ3n) is 3.27. The van der Waals surface area contributed by atoms with Gasteiger partial charge in [0.25, 0.3) is 0 Å². The molecule has 3 nitrogen and oxygen atoms in total. The maximum absolute atomic E-state index is 10.3. The summed E-state index contributed by atoms with van der Waals surface area (Å²) in [6.45, 7) is 2.77. The van der Waals surface area contributed by atoms with Gasteiger partial charge in [0.2, 0.25) is 0 Å². The molecule has 0 aliphatic carbocycles. The van der Waals surface area contributed by atoms with Crippen LogP contribution in [0.5, 0.6) is 0 Å². The lowest BCUT2D eigenvalue weighted by Crippen LogP contribution is -2.07. The lowest BCUT2D eigenvalue weighted by atomic mass is 10.0. The van der Waals surface area contributed by atoms with E-state index in [2.05, 4.69) is 6.07 Å². The van der Waals surface area contributed by atoms with Gasteiger partial charge in [0.15, 0.2) is 0 Å². The standard InChI is InChI=1S/C15H16O3/c1-10-4-5-13-12(7-10)8-14(18-13)15(16)11-3-2-6-17-9-11/h4-5,7-9,15-16H,2-3,6H2,1H3. The van der Waals surface area contributed by atoms with E-state index < -0.39 is 6.10 Å². The number of aryl methyl sites for hydroxylation is 1. The van der Waals surface area contributed by atoms with Crippen LogP contribution in [0, 0.1) is 6.92 Å². The van der Waals surface area contributed by atoms with Crippen LogP contribution in [0.15, 0.2) is 40.5 Å². The average Bonchev–Trinajstić information content (AvgIpc) is 2.81. The summed E-state index contributed by atoms with van der Waals surface area (Å²) >= 11 is 0. The summed E-state index contributed by atoms with van der Waals surface area (Å²) in [5.41, 5.74) is 2.88. The second kappa shape index (κ2) is 4.50. The predicted octanol–water partition coefficient (Wildman–Crippen LogP) is 3.47. The lowest BCUT2D eigenvalue weighted by molar-refractivity contribution is 0.154. The molecule has 0 amide bonds. The first-order chi connectivity index (χ1) is 8.74.